The van der Waals surface area contributed by atoms with Crippen molar-refractivity contribution in [3.8, 4) is 0 Å². The smallest absolute Gasteiger partial charge is 0.251 e. The van der Waals surface area contributed by atoms with Crippen LogP contribution >= 0.6 is 23.4 Å². The average molecular weight is 574 g/mol. The molecule has 3 saturated heterocycles. The standard InChI is InChI=1S/C30H40ClN3O4S/c1-6-15-32(16-7-2)26(36)22-23-27(37)34(18-10-19-35)25(30(23)14-13-29(22,5)39-30)28(38)33(17-8-3)24-20(4)11-9-12-21(24)31/h6,8-9,11-12,22-23,25,35H,1,3,7,10,13-19H2,2,4-5H3/t22-,23-,25?,29+,30?/m0/s1. The van der Waals surface area contributed by atoms with E-state index in [4.69, 9.17) is 11.6 Å². The molecule has 1 spiro atoms. The summed E-state index contributed by atoms with van der Waals surface area (Å²) in [6, 6.07) is 4.73. The van der Waals surface area contributed by atoms with Crippen molar-refractivity contribution in [2.24, 2.45) is 11.8 Å². The number of aliphatic hydroxyl groups excluding tert-OH is 1. The molecule has 0 radical (unpaired) electrons. The molecule has 0 saturated carbocycles. The summed E-state index contributed by atoms with van der Waals surface area (Å²) in [6.07, 6.45) is 5.95. The van der Waals surface area contributed by atoms with Gasteiger partial charge in [-0.1, -0.05) is 42.8 Å². The van der Waals surface area contributed by atoms with Gasteiger partial charge in [0.1, 0.15) is 6.04 Å². The Kier molecular flexibility index (Phi) is 8.89. The van der Waals surface area contributed by atoms with E-state index in [-0.39, 0.29) is 37.4 Å². The van der Waals surface area contributed by atoms with Gasteiger partial charge in [0.15, 0.2) is 0 Å². The number of anilines is 1. The Labute approximate surface area is 241 Å². The first-order chi connectivity index (χ1) is 18.6. The zero-order chi connectivity index (χ0) is 28.5. The predicted molar refractivity (Wildman–Crippen MR) is 158 cm³/mol. The molecule has 2 bridgehead atoms. The van der Waals surface area contributed by atoms with E-state index in [2.05, 4.69) is 20.1 Å². The Bertz CT molecular complexity index is 1140. The SMILES string of the molecule is C=CCN(CCC)C(=O)[C@@H]1[C@H]2C(=O)N(CCCO)C(C(=O)N(CC=C)c3c(C)cccc3Cl)C23CC[C@@]1(C)S3. The number of rotatable bonds is 12. The van der Waals surface area contributed by atoms with E-state index in [9.17, 15) is 19.5 Å². The predicted octanol–water partition coefficient (Wildman–Crippen LogP) is 4.46. The first-order valence-electron chi connectivity index (χ1n) is 13.8. The largest absolute Gasteiger partial charge is 0.396 e. The first-order valence-corrected chi connectivity index (χ1v) is 15.0. The maximum atomic E-state index is 14.6. The number of aryl methyl sites for hydroxylation is 1. The lowest BCUT2D eigenvalue weighted by molar-refractivity contribution is -0.145. The third kappa shape index (κ3) is 4.82. The van der Waals surface area contributed by atoms with Gasteiger partial charge in [-0.05, 0) is 51.2 Å². The highest BCUT2D eigenvalue weighted by Gasteiger charge is 2.77. The van der Waals surface area contributed by atoms with Crippen LogP contribution in [0.1, 0.15) is 45.1 Å². The van der Waals surface area contributed by atoms with Crippen molar-refractivity contribution in [3.63, 3.8) is 0 Å². The molecule has 3 fully saturated rings. The van der Waals surface area contributed by atoms with Crippen molar-refractivity contribution in [1.82, 2.24) is 9.80 Å². The molecular weight excluding hydrogens is 534 g/mol. The van der Waals surface area contributed by atoms with Crippen molar-refractivity contribution < 1.29 is 19.5 Å². The van der Waals surface area contributed by atoms with E-state index in [1.165, 1.54) is 0 Å². The van der Waals surface area contributed by atoms with Crippen LogP contribution in [-0.2, 0) is 14.4 Å². The Balaban J connectivity index is 1.82. The molecule has 39 heavy (non-hydrogen) atoms. The molecule has 2 unspecified atom stereocenters. The van der Waals surface area contributed by atoms with E-state index < -0.39 is 27.4 Å². The van der Waals surface area contributed by atoms with Gasteiger partial charge in [-0.2, -0.15) is 0 Å². The molecule has 3 amide bonds. The van der Waals surface area contributed by atoms with Crippen molar-refractivity contribution in [2.45, 2.75) is 62.0 Å². The lowest BCUT2D eigenvalue weighted by atomic mass is 9.66. The second-order valence-corrected chi connectivity index (χ2v) is 13.4. The maximum Gasteiger partial charge on any atom is 0.251 e. The van der Waals surface area contributed by atoms with Gasteiger partial charge in [0.05, 0.1) is 27.3 Å². The summed E-state index contributed by atoms with van der Waals surface area (Å²) in [7, 11) is 0. The molecule has 0 aliphatic carbocycles. The summed E-state index contributed by atoms with van der Waals surface area (Å²) in [5.74, 6) is -1.56. The second-order valence-electron chi connectivity index (χ2n) is 11.1. The van der Waals surface area contributed by atoms with Gasteiger partial charge >= 0.3 is 0 Å². The topological polar surface area (TPSA) is 81.2 Å². The van der Waals surface area contributed by atoms with Gasteiger partial charge in [-0.25, -0.2) is 0 Å². The number of para-hydroxylation sites is 1. The number of thioether (sulfide) groups is 1. The molecule has 1 aromatic rings. The first kappa shape index (κ1) is 29.7. The van der Waals surface area contributed by atoms with Gasteiger partial charge in [0.25, 0.3) is 5.91 Å². The Morgan fingerprint density at radius 1 is 1.23 bits per heavy atom. The minimum Gasteiger partial charge on any atom is -0.396 e. The molecule has 1 aromatic carbocycles. The van der Waals surface area contributed by atoms with Crippen LogP contribution in [0.5, 0.6) is 0 Å². The van der Waals surface area contributed by atoms with E-state index in [1.807, 2.05) is 26.0 Å². The van der Waals surface area contributed by atoms with E-state index in [1.54, 1.807) is 44.7 Å². The second kappa shape index (κ2) is 11.7. The molecule has 5 atom stereocenters. The third-order valence-corrected chi connectivity index (χ3v) is 10.8. The Morgan fingerprint density at radius 2 is 1.95 bits per heavy atom. The van der Waals surface area contributed by atoms with E-state index >= 15 is 0 Å². The number of hydrogen-bond donors (Lipinski definition) is 1. The summed E-state index contributed by atoms with van der Waals surface area (Å²) in [5, 5.41) is 10.1. The van der Waals surface area contributed by atoms with Gasteiger partial charge < -0.3 is 19.8 Å². The van der Waals surface area contributed by atoms with Crippen LogP contribution in [-0.4, -0.2) is 80.9 Å². The van der Waals surface area contributed by atoms with E-state index in [0.29, 0.717) is 36.6 Å². The van der Waals surface area contributed by atoms with Crippen molar-refractivity contribution in [2.75, 3.05) is 37.7 Å². The van der Waals surface area contributed by atoms with E-state index in [0.717, 1.165) is 18.4 Å². The van der Waals surface area contributed by atoms with Crippen LogP contribution in [0.15, 0.2) is 43.5 Å². The van der Waals surface area contributed by atoms with Gasteiger partial charge in [-0.3, -0.25) is 14.4 Å². The summed E-state index contributed by atoms with van der Waals surface area (Å²) >= 11 is 8.28. The van der Waals surface area contributed by atoms with Crippen molar-refractivity contribution in [1.29, 1.82) is 0 Å². The fourth-order valence-electron chi connectivity index (χ4n) is 7.01. The fourth-order valence-corrected chi connectivity index (χ4v) is 9.68. The molecule has 1 N–H and O–H groups in total. The number of nitrogens with zero attached hydrogens (tertiary/aromatic N) is 3. The normalized spacial score (nSPS) is 28.9. The molecular formula is C30H40ClN3O4S. The monoisotopic (exact) mass is 573 g/mol. The Morgan fingerprint density at radius 3 is 2.56 bits per heavy atom. The van der Waals surface area contributed by atoms with Crippen LogP contribution in [0.25, 0.3) is 0 Å². The number of carbonyl (C=O) groups excluding carboxylic acids is 3. The quantitative estimate of drug-likeness (QED) is 0.374. The minimum absolute atomic E-state index is 0.0354. The highest BCUT2D eigenvalue weighted by atomic mass is 35.5. The number of carbonyl (C=O) groups is 3. The van der Waals surface area contributed by atoms with Crippen LogP contribution in [0.3, 0.4) is 0 Å². The number of fused-ring (bicyclic) bond motifs is 1. The molecule has 3 heterocycles. The molecule has 9 heteroatoms. The summed E-state index contributed by atoms with van der Waals surface area (Å²) in [5.41, 5.74) is 1.45. The number of benzene rings is 1. The zero-order valence-corrected chi connectivity index (χ0v) is 24.8. The maximum absolute atomic E-state index is 14.6. The number of amides is 3. The van der Waals surface area contributed by atoms with Gasteiger partial charge in [0, 0.05) is 37.5 Å². The van der Waals surface area contributed by atoms with Crippen LogP contribution < -0.4 is 4.90 Å². The molecule has 7 nitrogen and oxygen atoms in total. The lowest BCUT2D eigenvalue weighted by Gasteiger charge is -2.38. The van der Waals surface area contributed by atoms with Crippen molar-refractivity contribution in [3.05, 3.63) is 54.1 Å². The minimum atomic E-state index is -0.777. The molecule has 4 rings (SSSR count). The molecule has 3 aliphatic rings. The number of halogens is 1. The molecule has 0 aromatic heterocycles. The average Bonchev–Trinajstić information content (AvgIpc) is 3.46. The Hall–Kier alpha value is -2.29. The fraction of sp³-hybridized carbons (Fsp3) is 0.567. The highest BCUT2D eigenvalue weighted by molar-refractivity contribution is 8.02. The third-order valence-electron chi connectivity index (χ3n) is 8.52. The molecule has 3 aliphatic heterocycles. The number of hydrogen-bond acceptors (Lipinski definition) is 5. The molecule has 212 valence electrons. The summed E-state index contributed by atoms with van der Waals surface area (Å²) in [6.45, 7) is 15.1. The van der Waals surface area contributed by atoms with Gasteiger partial charge in [-0.15, -0.1) is 24.9 Å². The van der Waals surface area contributed by atoms with Crippen LogP contribution in [0.4, 0.5) is 5.69 Å². The highest BCUT2D eigenvalue weighted by Crippen LogP contribution is 2.71. The summed E-state index contributed by atoms with van der Waals surface area (Å²) in [4.78, 5) is 48.1. The van der Waals surface area contributed by atoms with Crippen LogP contribution in [0.2, 0.25) is 5.02 Å². The van der Waals surface area contributed by atoms with Crippen molar-refractivity contribution >= 4 is 46.8 Å². The zero-order valence-electron chi connectivity index (χ0n) is 23.2. The number of likely N-dealkylation sites (tertiary alicyclic amines) is 1. The van der Waals surface area contributed by atoms with Crippen LogP contribution in [0, 0.1) is 18.8 Å². The van der Waals surface area contributed by atoms with Gasteiger partial charge in [0.2, 0.25) is 11.8 Å². The summed E-state index contributed by atoms with van der Waals surface area (Å²) < 4.78 is -1.19. The lowest BCUT2D eigenvalue weighted by Crippen LogP contribution is -2.55. The number of aliphatic hydroxyl groups is 1.